The van der Waals surface area contributed by atoms with Crippen LogP contribution in [0, 0.1) is 6.92 Å². The number of anilines is 1. The van der Waals surface area contributed by atoms with Gasteiger partial charge in [0.05, 0.1) is 5.02 Å². The van der Waals surface area contributed by atoms with Gasteiger partial charge in [-0.2, -0.15) is 0 Å². The van der Waals surface area contributed by atoms with Crippen molar-refractivity contribution in [1.82, 2.24) is 4.90 Å². The number of aryl methyl sites for hydroxylation is 1. The first kappa shape index (κ1) is 14.3. The molecule has 0 unspecified atom stereocenters. The maximum Gasteiger partial charge on any atom is 0.321 e. The van der Waals surface area contributed by atoms with Gasteiger partial charge in [0, 0.05) is 23.2 Å². The summed E-state index contributed by atoms with van der Waals surface area (Å²) in [4.78, 5) is 13.6. The molecule has 1 N–H and O–H groups in total. The van der Waals surface area contributed by atoms with Crippen LogP contribution < -0.4 is 5.32 Å². The Hall–Kier alpha value is -0.740. The first-order valence-corrected chi connectivity index (χ1v) is 6.68. The van der Waals surface area contributed by atoms with Crippen molar-refractivity contribution in [3.05, 3.63) is 27.2 Å². The van der Waals surface area contributed by atoms with Crippen molar-refractivity contribution < 1.29 is 4.79 Å². The first-order chi connectivity index (χ1) is 7.99. The number of rotatable bonds is 3. The fourth-order valence-electron chi connectivity index (χ4n) is 1.49. The summed E-state index contributed by atoms with van der Waals surface area (Å²) in [5, 5.41) is 3.45. The molecule has 94 valence electrons. The standard InChI is InChI=1S/C12H16BrClN2O/c1-4-16(5-2)12(17)15-11-7-10(14)9(13)6-8(11)3/h6-7H,4-5H2,1-3H3,(H,15,17). The minimum atomic E-state index is -0.100. The average Bonchev–Trinajstić information content (AvgIpc) is 2.27. The van der Waals surface area contributed by atoms with Gasteiger partial charge < -0.3 is 10.2 Å². The van der Waals surface area contributed by atoms with Crippen LogP contribution in [0.15, 0.2) is 16.6 Å². The monoisotopic (exact) mass is 318 g/mol. The molecule has 0 aromatic heterocycles. The second-order valence-corrected chi connectivity index (χ2v) is 4.95. The van der Waals surface area contributed by atoms with Crippen molar-refractivity contribution in [3.8, 4) is 0 Å². The van der Waals surface area contributed by atoms with Crippen LogP contribution in [-0.4, -0.2) is 24.0 Å². The van der Waals surface area contributed by atoms with Crippen LogP contribution in [0.5, 0.6) is 0 Å². The van der Waals surface area contributed by atoms with Gasteiger partial charge in [-0.3, -0.25) is 0 Å². The maximum atomic E-state index is 11.9. The second kappa shape index (κ2) is 6.26. The molecule has 1 aromatic rings. The van der Waals surface area contributed by atoms with E-state index in [0.717, 1.165) is 15.7 Å². The zero-order valence-corrected chi connectivity index (χ0v) is 12.5. The second-order valence-electron chi connectivity index (χ2n) is 3.68. The minimum absolute atomic E-state index is 0.100. The molecule has 0 aliphatic rings. The van der Waals surface area contributed by atoms with Crippen molar-refractivity contribution >= 4 is 39.2 Å². The Bertz CT molecular complexity index is 419. The Kier molecular flexibility index (Phi) is 5.28. The summed E-state index contributed by atoms with van der Waals surface area (Å²) in [7, 11) is 0. The van der Waals surface area contributed by atoms with Gasteiger partial charge in [-0.1, -0.05) is 11.6 Å². The highest BCUT2D eigenvalue weighted by Gasteiger charge is 2.11. The van der Waals surface area contributed by atoms with E-state index in [1.165, 1.54) is 0 Å². The summed E-state index contributed by atoms with van der Waals surface area (Å²) < 4.78 is 0.831. The van der Waals surface area contributed by atoms with Crippen LogP contribution in [0.4, 0.5) is 10.5 Å². The summed E-state index contributed by atoms with van der Waals surface area (Å²) in [5.41, 5.74) is 1.72. The van der Waals surface area contributed by atoms with E-state index in [-0.39, 0.29) is 6.03 Å². The van der Waals surface area contributed by atoms with Crippen LogP contribution in [0.25, 0.3) is 0 Å². The van der Waals surface area contributed by atoms with E-state index in [4.69, 9.17) is 11.6 Å². The average molecular weight is 320 g/mol. The first-order valence-electron chi connectivity index (χ1n) is 5.51. The smallest absolute Gasteiger partial charge is 0.321 e. The Balaban J connectivity index is 2.88. The summed E-state index contributed by atoms with van der Waals surface area (Å²) in [6.45, 7) is 7.20. The predicted octanol–water partition coefficient (Wildman–Crippen LogP) is 4.28. The van der Waals surface area contributed by atoms with Crippen molar-refractivity contribution in [2.24, 2.45) is 0 Å². The molecule has 0 radical (unpaired) electrons. The number of benzene rings is 1. The van der Waals surface area contributed by atoms with Gasteiger partial charge in [0.15, 0.2) is 0 Å². The molecule has 0 aliphatic heterocycles. The zero-order chi connectivity index (χ0) is 13.0. The number of nitrogens with zero attached hydrogens (tertiary/aromatic N) is 1. The van der Waals surface area contributed by atoms with Gasteiger partial charge in [-0.05, 0) is 54.4 Å². The van der Waals surface area contributed by atoms with E-state index < -0.39 is 0 Å². The molecule has 1 aromatic carbocycles. The SMILES string of the molecule is CCN(CC)C(=O)Nc1cc(Cl)c(Br)cc1C. The normalized spacial score (nSPS) is 10.2. The summed E-state index contributed by atoms with van der Waals surface area (Å²) in [6, 6.07) is 3.54. The number of hydrogen-bond donors (Lipinski definition) is 1. The van der Waals surface area contributed by atoms with Crippen LogP contribution in [0.1, 0.15) is 19.4 Å². The van der Waals surface area contributed by atoms with Crippen molar-refractivity contribution in [3.63, 3.8) is 0 Å². The number of hydrogen-bond acceptors (Lipinski definition) is 1. The fourth-order valence-corrected chi connectivity index (χ4v) is 2.11. The third kappa shape index (κ3) is 3.61. The third-order valence-electron chi connectivity index (χ3n) is 2.56. The van der Waals surface area contributed by atoms with Crippen molar-refractivity contribution in [1.29, 1.82) is 0 Å². The number of carbonyl (C=O) groups is 1. The molecule has 0 heterocycles. The zero-order valence-electron chi connectivity index (χ0n) is 10.2. The molecular formula is C12H16BrClN2O. The van der Waals surface area contributed by atoms with Crippen LogP contribution >= 0.6 is 27.5 Å². The highest BCUT2D eigenvalue weighted by atomic mass is 79.9. The molecular weight excluding hydrogens is 304 g/mol. The Morgan fingerprint density at radius 1 is 1.41 bits per heavy atom. The number of nitrogens with one attached hydrogen (secondary N) is 1. The highest BCUT2D eigenvalue weighted by Crippen LogP contribution is 2.29. The van der Waals surface area contributed by atoms with E-state index in [1.807, 2.05) is 26.8 Å². The van der Waals surface area contributed by atoms with Crippen LogP contribution in [0.2, 0.25) is 5.02 Å². The molecule has 0 saturated carbocycles. The van der Waals surface area contributed by atoms with Crippen molar-refractivity contribution in [2.45, 2.75) is 20.8 Å². The highest BCUT2D eigenvalue weighted by molar-refractivity contribution is 9.10. The number of amides is 2. The van der Waals surface area contributed by atoms with Gasteiger partial charge >= 0.3 is 6.03 Å². The maximum absolute atomic E-state index is 11.9. The molecule has 3 nitrogen and oxygen atoms in total. The molecule has 0 saturated heterocycles. The number of carbonyl (C=O) groups excluding carboxylic acids is 1. The Morgan fingerprint density at radius 3 is 2.53 bits per heavy atom. The molecule has 1 rings (SSSR count). The van der Waals surface area contributed by atoms with E-state index >= 15 is 0 Å². The molecule has 0 bridgehead atoms. The predicted molar refractivity (Wildman–Crippen MR) is 75.8 cm³/mol. The van der Waals surface area contributed by atoms with Gasteiger partial charge in [-0.15, -0.1) is 0 Å². The number of halogens is 2. The lowest BCUT2D eigenvalue weighted by Gasteiger charge is -2.20. The van der Waals surface area contributed by atoms with Gasteiger partial charge in [-0.25, -0.2) is 4.79 Å². The lowest BCUT2D eigenvalue weighted by molar-refractivity contribution is 0.217. The summed E-state index contributed by atoms with van der Waals surface area (Å²) in [5.74, 6) is 0. The molecule has 5 heteroatoms. The summed E-state index contributed by atoms with van der Waals surface area (Å²) >= 11 is 9.35. The van der Waals surface area contributed by atoms with E-state index in [9.17, 15) is 4.79 Å². The largest absolute Gasteiger partial charge is 0.325 e. The van der Waals surface area contributed by atoms with Gasteiger partial charge in [0.1, 0.15) is 0 Å². The van der Waals surface area contributed by atoms with Crippen LogP contribution in [0.3, 0.4) is 0 Å². The Morgan fingerprint density at radius 2 is 2.00 bits per heavy atom. The van der Waals surface area contributed by atoms with Crippen LogP contribution in [-0.2, 0) is 0 Å². The molecule has 0 spiro atoms. The summed E-state index contributed by atoms with van der Waals surface area (Å²) in [6.07, 6.45) is 0. The van der Waals surface area contributed by atoms with Crippen molar-refractivity contribution in [2.75, 3.05) is 18.4 Å². The quantitative estimate of drug-likeness (QED) is 0.886. The number of urea groups is 1. The molecule has 0 fully saturated rings. The molecule has 17 heavy (non-hydrogen) atoms. The van der Waals surface area contributed by atoms with E-state index in [1.54, 1.807) is 11.0 Å². The molecule has 2 amide bonds. The molecule has 0 aliphatic carbocycles. The van der Waals surface area contributed by atoms with E-state index in [2.05, 4.69) is 21.2 Å². The molecule has 0 atom stereocenters. The third-order valence-corrected chi connectivity index (χ3v) is 3.76. The minimum Gasteiger partial charge on any atom is -0.325 e. The Labute approximate surface area is 115 Å². The lowest BCUT2D eigenvalue weighted by Crippen LogP contribution is -2.34. The van der Waals surface area contributed by atoms with Gasteiger partial charge in [0.25, 0.3) is 0 Å². The van der Waals surface area contributed by atoms with Gasteiger partial charge in [0.2, 0.25) is 0 Å². The lowest BCUT2D eigenvalue weighted by atomic mass is 10.2. The topological polar surface area (TPSA) is 32.3 Å². The van der Waals surface area contributed by atoms with E-state index in [0.29, 0.717) is 18.1 Å². The fraction of sp³-hybridized carbons (Fsp3) is 0.417.